The zero-order chi connectivity index (χ0) is 14.6. The van der Waals surface area contributed by atoms with Crippen LogP contribution in [0.1, 0.15) is 13.2 Å². The Morgan fingerprint density at radius 3 is 2.74 bits per heavy atom. The van der Waals surface area contributed by atoms with Gasteiger partial charge in [-0.15, -0.1) is 0 Å². The Labute approximate surface area is 107 Å². The molecule has 0 saturated heterocycles. The van der Waals surface area contributed by atoms with E-state index >= 15 is 0 Å². The van der Waals surface area contributed by atoms with Crippen molar-refractivity contribution >= 4 is 0 Å². The van der Waals surface area contributed by atoms with Crippen molar-refractivity contribution in [1.82, 2.24) is 9.55 Å². The number of aromatic nitrogens is 2. The van der Waals surface area contributed by atoms with Crippen molar-refractivity contribution < 1.29 is 19.3 Å². The van der Waals surface area contributed by atoms with Crippen molar-refractivity contribution in [2.75, 3.05) is 13.3 Å². The molecule has 0 aliphatic rings. The molecule has 0 fully saturated rings. The normalized spacial score (nSPS) is 17.7. The predicted octanol–water partition coefficient (Wildman–Crippen LogP) is -1.95. The Morgan fingerprint density at radius 2 is 2.26 bits per heavy atom. The molecule has 0 spiro atoms. The molecule has 0 radical (unpaired) electrons. The molecule has 1 aromatic heterocycles. The zero-order valence-electron chi connectivity index (χ0n) is 10.2. The van der Waals surface area contributed by atoms with Gasteiger partial charge in [0.1, 0.15) is 19.0 Å². The van der Waals surface area contributed by atoms with Crippen LogP contribution < -0.4 is 17.0 Å². The molecule has 9 heteroatoms. The summed E-state index contributed by atoms with van der Waals surface area (Å²) in [5, 5.41) is 18.4. The summed E-state index contributed by atoms with van der Waals surface area (Å²) in [5.74, 6) is 0. The van der Waals surface area contributed by atoms with Crippen LogP contribution in [0.2, 0.25) is 0 Å². The minimum absolute atomic E-state index is 0.585. The number of ether oxygens (including phenoxy) is 1. The molecule has 0 bridgehead atoms. The maximum atomic E-state index is 12.4. The van der Waals surface area contributed by atoms with E-state index in [0.717, 1.165) is 16.8 Å². The number of aliphatic hydroxyl groups is 2. The molecular formula is C10H16FN3O5. The summed E-state index contributed by atoms with van der Waals surface area (Å²) in [6.07, 6.45) is -1.62. The first-order valence-electron chi connectivity index (χ1n) is 5.47. The van der Waals surface area contributed by atoms with Gasteiger partial charge in [0.2, 0.25) is 0 Å². The van der Waals surface area contributed by atoms with Crippen LogP contribution in [0.5, 0.6) is 0 Å². The van der Waals surface area contributed by atoms with Gasteiger partial charge in [0.15, 0.2) is 5.72 Å². The predicted molar refractivity (Wildman–Crippen MR) is 63.1 cm³/mol. The molecule has 1 heterocycles. The molecule has 0 aromatic carbocycles. The van der Waals surface area contributed by atoms with Gasteiger partial charge in [-0.3, -0.25) is 20.1 Å². The lowest BCUT2D eigenvalue weighted by molar-refractivity contribution is -0.192. The number of nitrogens with one attached hydrogen (secondary N) is 1. The van der Waals surface area contributed by atoms with Gasteiger partial charge in [0, 0.05) is 12.3 Å². The maximum Gasteiger partial charge on any atom is 0.330 e. The monoisotopic (exact) mass is 277 g/mol. The quantitative estimate of drug-likeness (QED) is 0.447. The summed E-state index contributed by atoms with van der Waals surface area (Å²) < 4.78 is 18.5. The minimum atomic E-state index is -2.05. The van der Waals surface area contributed by atoms with Gasteiger partial charge in [-0.2, -0.15) is 0 Å². The Hall–Kier alpha value is -1.55. The van der Waals surface area contributed by atoms with E-state index < -0.39 is 42.6 Å². The molecule has 0 aliphatic carbocycles. The highest BCUT2D eigenvalue weighted by molar-refractivity contribution is 4.86. The second kappa shape index (κ2) is 6.06. The maximum absolute atomic E-state index is 12.4. The number of halogens is 1. The zero-order valence-corrected chi connectivity index (χ0v) is 10.2. The lowest BCUT2D eigenvalue weighted by Crippen LogP contribution is -2.58. The SMILES string of the molecule is CC(OC(N)(CO)C(O)CF)n1ccc(=O)[nH]c1=O. The van der Waals surface area contributed by atoms with Crippen molar-refractivity contribution in [3.8, 4) is 0 Å². The van der Waals surface area contributed by atoms with E-state index in [1.165, 1.54) is 6.92 Å². The molecule has 5 N–H and O–H groups in total. The Morgan fingerprint density at radius 1 is 1.63 bits per heavy atom. The standard InChI is InChI=1S/C10H16FN3O5/c1-6(14-3-2-8(17)13-9(14)18)19-10(12,5-15)7(16)4-11/h2-3,6-7,15-16H,4-5,12H2,1H3,(H,13,17,18). The van der Waals surface area contributed by atoms with Gasteiger partial charge in [-0.25, -0.2) is 9.18 Å². The fraction of sp³-hybridized carbons (Fsp3) is 0.600. The summed E-state index contributed by atoms with van der Waals surface area (Å²) in [6.45, 7) is -0.674. The molecule has 1 rings (SSSR count). The molecule has 0 amide bonds. The Bertz CT molecular complexity index is 530. The highest BCUT2D eigenvalue weighted by Crippen LogP contribution is 2.17. The number of hydrogen-bond donors (Lipinski definition) is 4. The van der Waals surface area contributed by atoms with Crippen LogP contribution in [0.25, 0.3) is 0 Å². The van der Waals surface area contributed by atoms with Crippen molar-refractivity contribution in [3.63, 3.8) is 0 Å². The van der Waals surface area contributed by atoms with Gasteiger partial charge in [0.25, 0.3) is 5.56 Å². The Kier molecular flexibility index (Phi) is 4.95. The number of nitrogens with two attached hydrogens (primary N) is 1. The van der Waals surface area contributed by atoms with Gasteiger partial charge >= 0.3 is 5.69 Å². The first-order valence-corrected chi connectivity index (χ1v) is 5.47. The summed E-state index contributed by atoms with van der Waals surface area (Å²) >= 11 is 0. The van der Waals surface area contributed by atoms with Crippen LogP contribution in [-0.4, -0.2) is 44.9 Å². The first-order chi connectivity index (χ1) is 8.84. The van der Waals surface area contributed by atoms with Crippen LogP contribution >= 0.6 is 0 Å². The smallest absolute Gasteiger partial charge is 0.330 e. The van der Waals surface area contributed by atoms with Gasteiger partial charge in [-0.05, 0) is 6.92 Å². The van der Waals surface area contributed by atoms with Crippen LogP contribution in [0.3, 0.4) is 0 Å². The number of rotatable bonds is 6. The van der Waals surface area contributed by atoms with E-state index in [1.54, 1.807) is 0 Å². The van der Waals surface area contributed by atoms with Crippen LogP contribution in [-0.2, 0) is 4.74 Å². The third-order valence-electron chi connectivity index (χ3n) is 2.59. The average molecular weight is 277 g/mol. The minimum Gasteiger partial charge on any atom is -0.392 e. The number of nitrogens with zero attached hydrogens (tertiary/aromatic N) is 1. The van der Waals surface area contributed by atoms with Crippen LogP contribution in [0.15, 0.2) is 21.9 Å². The average Bonchev–Trinajstić information content (AvgIpc) is 2.37. The molecule has 0 saturated carbocycles. The number of H-pyrrole nitrogens is 1. The summed E-state index contributed by atoms with van der Waals surface area (Å²) in [6, 6.07) is 1.09. The number of aliphatic hydroxyl groups excluding tert-OH is 2. The van der Waals surface area contributed by atoms with Gasteiger partial charge in [0.05, 0.1) is 6.61 Å². The summed E-state index contributed by atoms with van der Waals surface area (Å²) in [4.78, 5) is 24.4. The fourth-order valence-electron chi connectivity index (χ4n) is 1.44. The highest BCUT2D eigenvalue weighted by atomic mass is 19.1. The lowest BCUT2D eigenvalue weighted by atomic mass is 10.1. The summed E-state index contributed by atoms with van der Waals surface area (Å²) in [7, 11) is 0. The number of aromatic amines is 1. The van der Waals surface area contributed by atoms with E-state index in [-0.39, 0.29) is 0 Å². The fourth-order valence-corrected chi connectivity index (χ4v) is 1.44. The second-order valence-corrected chi connectivity index (χ2v) is 4.02. The van der Waals surface area contributed by atoms with E-state index in [4.69, 9.17) is 15.6 Å². The van der Waals surface area contributed by atoms with Crippen molar-refractivity contribution in [2.45, 2.75) is 25.0 Å². The molecule has 8 nitrogen and oxygen atoms in total. The van der Waals surface area contributed by atoms with Crippen molar-refractivity contribution in [3.05, 3.63) is 33.1 Å². The van der Waals surface area contributed by atoms with Crippen molar-refractivity contribution in [2.24, 2.45) is 5.73 Å². The van der Waals surface area contributed by atoms with Crippen LogP contribution in [0.4, 0.5) is 4.39 Å². The van der Waals surface area contributed by atoms with E-state index in [0.29, 0.717) is 0 Å². The van der Waals surface area contributed by atoms with Crippen molar-refractivity contribution in [1.29, 1.82) is 0 Å². The lowest BCUT2D eigenvalue weighted by Gasteiger charge is -2.34. The summed E-state index contributed by atoms with van der Waals surface area (Å²) in [5.41, 5.74) is 2.13. The molecule has 1 aromatic rings. The molecular weight excluding hydrogens is 261 g/mol. The third-order valence-corrected chi connectivity index (χ3v) is 2.59. The second-order valence-electron chi connectivity index (χ2n) is 4.02. The highest BCUT2D eigenvalue weighted by Gasteiger charge is 2.36. The van der Waals surface area contributed by atoms with E-state index in [9.17, 15) is 19.1 Å². The number of alkyl halides is 1. The number of hydrogen-bond acceptors (Lipinski definition) is 6. The topological polar surface area (TPSA) is 131 Å². The van der Waals surface area contributed by atoms with E-state index in [2.05, 4.69) is 0 Å². The first kappa shape index (κ1) is 15.5. The molecule has 108 valence electrons. The largest absolute Gasteiger partial charge is 0.392 e. The van der Waals surface area contributed by atoms with Gasteiger partial charge in [-0.1, -0.05) is 0 Å². The third kappa shape index (κ3) is 3.47. The van der Waals surface area contributed by atoms with E-state index in [1.807, 2.05) is 4.98 Å². The van der Waals surface area contributed by atoms with Crippen LogP contribution in [0, 0.1) is 0 Å². The molecule has 0 aliphatic heterocycles. The molecule has 3 atom stereocenters. The Balaban J connectivity index is 2.97. The molecule has 3 unspecified atom stereocenters. The van der Waals surface area contributed by atoms with Gasteiger partial charge < -0.3 is 14.9 Å². The molecule has 19 heavy (non-hydrogen) atoms.